The number of hydrogen-bond donors (Lipinski definition) is 1. The summed E-state index contributed by atoms with van der Waals surface area (Å²) in [4.78, 5) is 14.5. The average Bonchev–Trinajstić information content (AvgIpc) is 2.99. The van der Waals surface area contributed by atoms with Gasteiger partial charge in [-0.3, -0.25) is 10.1 Å². The number of nitro groups is 1. The molecule has 0 bridgehead atoms. The number of rotatable bonds is 4. The second kappa shape index (κ2) is 6.08. The minimum absolute atomic E-state index is 0.0406. The first-order chi connectivity index (χ1) is 11.0. The van der Waals surface area contributed by atoms with Crippen LogP contribution in [-0.2, 0) is 6.54 Å². The molecule has 0 amide bonds. The summed E-state index contributed by atoms with van der Waals surface area (Å²) in [5.41, 5.74) is 0.0462. The third-order valence-electron chi connectivity index (χ3n) is 4.53. The van der Waals surface area contributed by atoms with Crippen LogP contribution in [0.4, 0.5) is 5.69 Å². The largest absolute Gasteiger partial charge is 0.388 e. The molecule has 1 heterocycles. The van der Waals surface area contributed by atoms with Crippen LogP contribution in [0.25, 0.3) is 11.4 Å². The van der Waals surface area contributed by atoms with Crippen molar-refractivity contribution >= 4 is 5.69 Å². The summed E-state index contributed by atoms with van der Waals surface area (Å²) >= 11 is 0. The molecular formula is C16H20N4O3. The predicted molar refractivity (Wildman–Crippen MR) is 84.7 cm³/mol. The second-order valence-corrected chi connectivity index (χ2v) is 6.48. The van der Waals surface area contributed by atoms with E-state index in [0.29, 0.717) is 18.3 Å². The molecule has 1 N–H and O–H groups in total. The maximum atomic E-state index is 10.7. The quantitative estimate of drug-likeness (QED) is 0.691. The molecule has 0 atom stereocenters. The Morgan fingerprint density at radius 1 is 1.35 bits per heavy atom. The van der Waals surface area contributed by atoms with E-state index < -0.39 is 10.5 Å². The van der Waals surface area contributed by atoms with Gasteiger partial charge in [-0.05, 0) is 43.7 Å². The zero-order valence-electron chi connectivity index (χ0n) is 13.1. The minimum Gasteiger partial charge on any atom is -0.388 e. The van der Waals surface area contributed by atoms with E-state index in [9.17, 15) is 15.2 Å². The highest BCUT2D eigenvalue weighted by molar-refractivity contribution is 5.56. The second-order valence-electron chi connectivity index (χ2n) is 6.48. The third kappa shape index (κ3) is 3.56. The first-order valence-electron chi connectivity index (χ1n) is 7.82. The Hall–Kier alpha value is -2.28. The maximum Gasteiger partial charge on any atom is 0.269 e. The Morgan fingerprint density at radius 2 is 2.00 bits per heavy atom. The van der Waals surface area contributed by atoms with Crippen molar-refractivity contribution in [2.75, 3.05) is 0 Å². The van der Waals surface area contributed by atoms with Crippen LogP contribution in [0, 0.1) is 16.0 Å². The number of aromatic nitrogens is 3. The highest BCUT2D eigenvalue weighted by Gasteiger charge is 2.32. The van der Waals surface area contributed by atoms with Crippen LogP contribution in [0.2, 0.25) is 0 Å². The van der Waals surface area contributed by atoms with Gasteiger partial charge in [0.25, 0.3) is 5.69 Å². The van der Waals surface area contributed by atoms with Crippen molar-refractivity contribution in [3.8, 4) is 11.4 Å². The average molecular weight is 316 g/mol. The molecule has 1 fully saturated rings. The van der Waals surface area contributed by atoms with Crippen molar-refractivity contribution in [1.29, 1.82) is 0 Å². The van der Waals surface area contributed by atoms with E-state index in [4.69, 9.17) is 0 Å². The molecule has 0 spiro atoms. The lowest BCUT2D eigenvalue weighted by atomic mass is 9.79. The Morgan fingerprint density at radius 3 is 2.61 bits per heavy atom. The summed E-state index contributed by atoms with van der Waals surface area (Å²) in [5.74, 6) is 1.18. The first kappa shape index (κ1) is 15.6. The normalized spacial score (nSPS) is 24.5. The molecule has 1 aliphatic carbocycles. The van der Waals surface area contributed by atoms with Crippen molar-refractivity contribution < 1.29 is 10.0 Å². The number of nitrogens with zero attached hydrogens (tertiary/aromatic N) is 4. The SMILES string of the molecule is CC1CCC(O)(Cn2cnc(-c3ccc([N+](=O)[O-])cc3)n2)CC1. The molecule has 122 valence electrons. The summed E-state index contributed by atoms with van der Waals surface area (Å²) in [5, 5.41) is 25.7. The smallest absolute Gasteiger partial charge is 0.269 e. The highest BCUT2D eigenvalue weighted by Crippen LogP contribution is 2.33. The first-order valence-corrected chi connectivity index (χ1v) is 7.82. The van der Waals surface area contributed by atoms with Crippen molar-refractivity contribution in [2.24, 2.45) is 5.92 Å². The Labute approximate surface area is 134 Å². The molecular weight excluding hydrogens is 296 g/mol. The van der Waals surface area contributed by atoms with Gasteiger partial charge in [0.15, 0.2) is 5.82 Å². The molecule has 23 heavy (non-hydrogen) atoms. The van der Waals surface area contributed by atoms with Crippen molar-refractivity contribution in [3.05, 3.63) is 40.7 Å². The van der Waals surface area contributed by atoms with Gasteiger partial charge >= 0.3 is 0 Å². The number of aliphatic hydroxyl groups is 1. The molecule has 7 nitrogen and oxygen atoms in total. The molecule has 0 aliphatic heterocycles. The summed E-state index contributed by atoms with van der Waals surface area (Å²) in [7, 11) is 0. The standard InChI is InChI=1S/C16H20N4O3/c1-12-6-8-16(21,9-7-12)10-19-11-17-15(18-19)13-2-4-14(5-3-13)20(22)23/h2-5,11-12,21H,6-10H2,1H3. The fourth-order valence-corrected chi connectivity index (χ4v) is 2.99. The molecule has 0 saturated heterocycles. The monoisotopic (exact) mass is 316 g/mol. The Balaban J connectivity index is 1.71. The van der Waals surface area contributed by atoms with E-state index in [-0.39, 0.29) is 5.69 Å². The topological polar surface area (TPSA) is 94.1 Å². The summed E-state index contributed by atoms with van der Waals surface area (Å²) in [6, 6.07) is 6.14. The van der Waals surface area contributed by atoms with E-state index >= 15 is 0 Å². The number of benzene rings is 1. The summed E-state index contributed by atoms with van der Waals surface area (Å²) in [6.45, 7) is 2.64. The number of hydrogen-bond acceptors (Lipinski definition) is 5. The molecule has 3 rings (SSSR count). The maximum absolute atomic E-state index is 10.7. The van der Waals surface area contributed by atoms with Gasteiger partial charge in [0.2, 0.25) is 0 Å². The predicted octanol–water partition coefficient (Wildman–Crippen LogP) is 2.79. The summed E-state index contributed by atoms with van der Waals surface area (Å²) in [6.07, 6.45) is 5.22. The van der Waals surface area contributed by atoms with Crippen molar-refractivity contribution in [1.82, 2.24) is 14.8 Å². The van der Waals surface area contributed by atoms with Crippen LogP contribution >= 0.6 is 0 Å². The van der Waals surface area contributed by atoms with E-state index in [1.807, 2.05) is 0 Å². The molecule has 2 aromatic rings. The van der Waals surface area contributed by atoms with Gasteiger partial charge in [-0.2, -0.15) is 5.10 Å². The third-order valence-corrected chi connectivity index (χ3v) is 4.53. The number of non-ortho nitro benzene ring substituents is 1. The van der Waals surface area contributed by atoms with Crippen LogP contribution in [0.5, 0.6) is 0 Å². The molecule has 0 unspecified atom stereocenters. The molecule has 1 aromatic heterocycles. The van der Waals surface area contributed by atoms with Crippen LogP contribution in [0.1, 0.15) is 32.6 Å². The van der Waals surface area contributed by atoms with Gasteiger partial charge in [0.1, 0.15) is 6.33 Å². The molecule has 1 aliphatic rings. The molecule has 7 heteroatoms. The van der Waals surface area contributed by atoms with Crippen LogP contribution < -0.4 is 0 Å². The Bertz CT molecular complexity index is 688. The number of nitro benzene ring substituents is 1. The summed E-state index contributed by atoms with van der Waals surface area (Å²) < 4.78 is 1.66. The fraction of sp³-hybridized carbons (Fsp3) is 0.500. The van der Waals surface area contributed by atoms with Gasteiger partial charge < -0.3 is 5.11 Å². The van der Waals surface area contributed by atoms with E-state index in [1.165, 1.54) is 12.1 Å². The van der Waals surface area contributed by atoms with Crippen molar-refractivity contribution in [3.63, 3.8) is 0 Å². The zero-order valence-corrected chi connectivity index (χ0v) is 13.1. The lowest BCUT2D eigenvalue weighted by Gasteiger charge is -2.34. The van der Waals surface area contributed by atoms with Crippen molar-refractivity contribution in [2.45, 2.75) is 44.8 Å². The van der Waals surface area contributed by atoms with E-state index in [2.05, 4.69) is 17.0 Å². The van der Waals surface area contributed by atoms with Crippen LogP contribution in [0.3, 0.4) is 0 Å². The van der Waals surface area contributed by atoms with Gasteiger partial charge in [0, 0.05) is 17.7 Å². The van der Waals surface area contributed by atoms with Crippen LogP contribution in [-0.4, -0.2) is 30.4 Å². The van der Waals surface area contributed by atoms with E-state index in [1.54, 1.807) is 23.1 Å². The lowest BCUT2D eigenvalue weighted by molar-refractivity contribution is -0.384. The highest BCUT2D eigenvalue weighted by atomic mass is 16.6. The zero-order chi connectivity index (χ0) is 16.4. The minimum atomic E-state index is -0.715. The lowest BCUT2D eigenvalue weighted by Crippen LogP contribution is -2.38. The molecule has 1 saturated carbocycles. The van der Waals surface area contributed by atoms with Gasteiger partial charge in [0.05, 0.1) is 17.1 Å². The molecule has 0 radical (unpaired) electrons. The van der Waals surface area contributed by atoms with Gasteiger partial charge in [-0.25, -0.2) is 9.67 Å². The molecule has 1 aromatic carbocycles. The van der Waals surface area contributed by atoms with Crippen LogP contribution in [0.15, 0.2) is 30.6 Å². The van der Waals surface area contributed by atoms with Gasteiger partial charge in [-0.15, -0.1) is 0 Å². The Kier molecular flexibility index (Phi) is 4.12. The fourth-order valence-electron chi connectivity index (χ4n) is 2.99. The van der Waals surface area contributed by atoms with Gasteiger partial charge in [-0.1, -0.05) is 6.92 Å². The van der Waals surface area contributed by atoms with E-state index in [0.717, 1.165) is 31.2 Å².